The highest BCUT2D eigenvalue weighted by atomic mass is 16.5. The predicted octanol–water partition coefficient (Wildman–Crippen LogP) is 2.55. The van der Waals surface area contributed by atoms with Gasteiger partial charge in [0.1, 0.15) is 0 Å². The van der Waals surface area contributed by atoms with Gasteiger partial charge in [0.15, 0.2) is 11.5 Å². The summed E-state index contributed by atoms with van der Waals surface area (Å²) in [6, 6.07) is 5.29. The van der Waals surface area contributed by atoms with Crippen molar-refractivity contribution in [3.8, 4) is 11.5 Å². The van der Waals surface area contributed by atoms with Crippen LogP contribution in [0.25, 0.3) is 0 Å². The molecule has 2 atom stereocenters. The summed E-state index contributed by atoms with van der Waals surface area (Å²) < 4.78 is 10.5. The van der Waals surface area contributed by atoms with Gasteiger partial charge in [-0.05, 0) is 56.2 Å². The largest absolute Gasteiger partial charge is 0.493 e. The van der Waals surface area contributed by atoms with E-state index < -0.39 is 0 Å². The number of fused-ring (bicyclic) bond motifs is 1. The van der Waals surface area contributed by atoms with Crippen LogP contribution in [0.5, 0.6) is 11.5 Å². The quantitative estimate of drug-likeness (QED) is 0.814. The number of carbonyl (C=O) groups excluding carboxylic acids is 2. The van der Waals surface area contributed by atoms with Gasteiger partial charge in [-0.1, -0.05) is 6.42 Å². The van der Waals surface area contributed by atoms with Crippen LogP contribution in [-0.4, -0.2) is 55.7 Å². The average Bonchev–Trinajstić information content (AvgIpc) is 3.25. The molecule has 2 unspecified atom stereocenters. The molecule has 1 aliphatic heterocycles. The standard InChI is InChI=1S/C21H29N3O4/c1-27-17-6-5-14(12-18(17)28-2)19(25)24-10-7-16(8-11-24)22-20(26)23-21-9-3-4-15(21)13-21/h5-6,12,15-16H,3-4,7-11,13H2,1-2H3,(H2,22,23,26). The van der Waals surface area contributed by atoms with Crippen LogP contribution < -0.4 is 20.1 Å². The molecule has 7 heteroatoms. The molecule has 0 bridgehead atoms. The number of methoxy groups -OCH3 is 2. The van der Waals surface area contributed by atoms with E-state index in [0.29, 0.717) is 36.1 Å². The lowest BCUT2D eigenvalue weighted by Gasteiger charge is -2.33. The van der Waals surface area contributed by atoms with E-state index in [0.717, 1.165) is 25.7 Å². The Morgan fingerprint density at radius 1 is 1.11 bits per heavy atom. The second kappa shape index (κ2) is 7.53. The van der Waals surface area contributed by atoms with Crippen molar-refractivity contribution in [1.29, 1.82) is 0 Å². The lowest BCUT2D eigenvalue weighted by Crippen LogP contribution is -2.51. The zero-order valence-electron chi connectivity index (χ0n) is 16.6. The van der Waals surface area contributed by atoms with Crippen LogP contribution in [0.2, 0.25) is 0 Å². The highest BCUT2D eigenvalue weighted by Crippen LogP contribution is 2.55. The average molecular weight is 387 g/mol. The van der Waals surface area contributed by atoms with Crippen molar-refractivity contribution in [2.45, 2.75) is 50.1 Å². The first kappa shape index (κ1) is 18.9. The molecule has 2 N–H and O–H groups in total. The normalized spacial score (nSPS) is 26.4. The second-order valence-electron chi connectivity index (χ2n) is 8.18. The molecule has 1 aromatic rings. The van der Waals surface area contributed by atoms with Crippen LogP contribution in [0.1, 0.15) is 48.9 Å². The molecule has 4 rings (SSSR count). The van der Waals surface area contributed by atoms with E-state index in [1.807, 2.05) is 4.90 Å². The number of hydrogen-bond acceptors (Lipinski definition) is 4. The molecule has 2 saturated carbocycles. The van der Waals surface area contributed by atoms with Gasteiger partial charge in [0.25, 0.3) is 5.91 Å². The summed E-state index contributed by atoms with van der Waals surface area (Å²) in [4.78, 5) is 27.0. The number of carbonyl (C=O) groups is 2. The van der Waals surface area contributed by atoms with Gasteiger partial charge in [-0.3, -0.25) is 4.79 Å². The first-order valence-corrected chi connectivity index (χ1v) is 10.1. The molecule has 1 aromatic carbocycles. The first-order chi connectivity index (χ1) is 13.5. The summed E-state index contributed by atoms with van der Waals surface area (Å²) in [5.74, 6) is 1.83. The predicted molar refractivity (Wildman–Crippen MR) is 105 cm³/mol. The molecular weight excluding hydrogens is 358 g/mol. The lowest BCUT2D eigenvalue weighted by atomic mass is 10.0. The number of rotatable bonds is 5. The zero-order valence-corrected chi connectivity index (χ0v) is 16.6. The van der Waals surface area contributed by atoms with Crippen molar-refractivity contribution in [1.82, 2.24) is 15.5 Å². The Bertz CT molecular complexity index is 760. The van der Waals surface area contributed by atoms with E-state index in [9.17, 15) is 9.59 Å². The molecule has 0 aromatic heterocycles. The van der Waals surface area contributed by atoms with E-state index in [4.69, 9.17) is 9.47 Å². The van der Waals surface area contributed by atoms with Gasteiger partial charge < -0.3 is 25.0 Å². The molecule has 2 aliphatic carbocycles. The van der Waals surface area contributed by atoms with Crippen LogP contribution in [0.4, 0.5) is 4.79 Å². The number of piperidine rings is 1. The number of amides is 3. The summed E-state index contributed by atoms with van der Waals surface area (Å²) in [5.41, 5.74) is 0.677. The fraction of sp³-hybridized carbons (Fsp3) is 0.619. The first-order valence-electron chi connectivity index (χ1n) is 10.1. The fourth-order valence-electron chi connectivity index (χ4n) is 4.77. The third-order valence-electron chi connectivity index (χ3n) is 6.52. The van der Waals surface area contributed by atoms with Gasteiger partial charge in [-0.15, -0.1) is 0 Å². The number of hydrogen-bond donors (Lipinski definition) is 2. The molecule has 3 aliphatic rings. The number of ether oxygens (including phenoxy) is 2. The highest BCUT2D eigenvalue weighted by Gasteiger charge is 2.57. The number of urea groups is 1. The van der Waals surface area contributed by atoms with E-state index in [-0.39, 0.29) is 23.5 Å². The third-order valence-corrected chi connectivity index (χ3v) is 6.52. The smallest absolute Gasteiger partial charge is 0.315 e. The molecule has 28 heavy (non-hydrogen) atoms. The molecular formula is C21H29N3O4. The lowest BCUT2D eigenvalue weighted by molar-refractivity contribution is 0.0708. The van der Waals surface area contributed by atoms with Crippen LogP contribution in [0, 0.1) is 5.92 Å². The minimum Gasteiger partial charge on any atom is -0.493 e. The Morgan fingerprint density at radius 2 is 1.86 bits per heavy atom. The maximum Gasteiger partial charge on any atom is 0.315 e. The second-order valence-corrected chi connectivity index (χ2v) is 8.18. The van der Waals surface area contributed by atoms with Gasteiger partial charge >= 0.3 is 6.03 Å². The molecule has 7 nitrogen and oxygen atoms in total. The number of benzene rings is 1. The Hall–Kier alpha value is -2.44. The third kappa shape index (κ3) is 3.62. The summed E-state index contributed by atoms with van der Waals surface area (Å²) in [7, 11) is 3.13. The number of likely N-dealkylation sites (tertiary alicyclic amines) is 1. The van der Waals surface area contributed by atoms with E-state index in [1.54, 1.807) is 32.4 Å². The fourth-order valence-corrected chi connectivity index (χ4v) is 4.77. The molecule has 0 radical (unpaired) electrons. The Balaban J connectivity index is 1.28. The monoisotopic (exact) mass is 387 g/mol. The van der Waals surface area contributed by atoms with E-state index >= 15 is 0 Å². The summed E-state index contributed by atoms with van der Waals surface area (Å²) >= 11 is 0. The van der Waals surface area contributed by atoms with Crippen molar-refractivity contribution >= 4 is 11.9 Å². The summed E-state index contributed by atoms with van der Waals surface area (Å²) in [5, 5.41) is 6.31. The molecule has 1 saturated heterocycles. The van der Waals surface area contributed by atoms with Gasteiger partial charge in [0.05, 0.1) is 14.2 Å². The number of nitrogens with zero attached hydrogens (tertiary/aromatic N) is 1. The van der Waals surface area contributed by atoms with Gasteiger partial charge in [0, 0.05) is 30.2 Å². The van der Waals surface area contributed by atoms with Crippen LogP contribution in [0.3, 0.4) is 0 Å². The highest BCUT2D eigenvalue weighted by molar-refractivity contribution is 5.95. The van der Waals surface area contributed by atoms with Crippen molar-refractivity contribution < 1.29 is 19.1 Å². The number of nitrogens with one attached hydrogen (secondary N) is 2. The topological polar surface area (TPSA) is 79.9 Å². The van der Waals surface area contributed by atoms with Crippen LogP contribution in [0.15, 0.2) is 18.2 Å². The molecule has 152 valence electrons. The van der Waals surface area contributed by atoms with Crippen LogP contribution >= 0.6 is 0 Å². The zero-order chi connectivity index (χ0) is 19.7. The molecule has 1 heterocycles. The summed E-state index contributed by atoms with van der Waals surface area (Å²) in [6.07, 6.45) is 6.26. The molecule has 3 fully saturated rings. The maximum atomic E-state index is 12.8. The Morgan fingerprint density at radius 3 is 2.46 bits per heavy atom. The van der Waals surface area contributed by atoms with Crippen molar-refractivity contribution in [3.63, 3.8) is 0 Å². The Labute approximate surface area is 165 Å². The van der Waals surface area contributed by atoms with E-state index in [2.05, 4.69) is 10.6 Å². The van der Waals surface area contributed by atoms with Gasteiger partial charge in [-0.2, -0.15) is 0 Å². The minimum atomic E-state index is -0.0472. The molecule has 0 spiro atoms. The van der Waals surface area contributed by atoms with Gasteiger partial charge in [0.2, 0.25) is 0 Å². The Kier molecular flexibility index (Phi) is 5.08. The minimum absolute atomic E-state index is 0.0190. The molecule has 3 amide bonds. The van der Waals surface area contributed by atoms with Gasteiger partial charge in [-0.25, -0.2) is 4.79 Å². The maximum absolute atomic E-state index is 12.8. The van der Waals surface area contributed by atoms with Crippen molar-refractivity contribution in [3.05, 3.63) is 23.8 Å². The van der Waals surface area contributed by atoms with Crippen molar-refractivity contribution in [2.75, 3.05) is 27.3 Å². The SMILES string of the molecule is COc1ccc(C(=O)N2CCC(NC(=O)NC34CCCC3C4)CC2)cc1OC. The van der Waals surface area contributed by atoms with E-state index in [1.165, 1.54) is 12.8 Å². The summed E-state index contributed by atoms with van der Waals surface area (Å²) in [6.45, 7) is 1.26. The van der Waals surface area contributed by atoms with Crippen LogP contribution in [-0.2, 0) is 0 Å². The van der Waals surface area contributed by atoms with Crippen molar-refractivity contribution in [2.24, 2.45) is 5.92 Å².